The zero-order valence-electron chi connectivity index (χ0n) is 19.2. The zero-order valence-corrected chi connectivity index (χ0v) is 19.9. The summed E-state index contributed by atoms with van der Waals surface area (Å²) in [5.74, 6) is 0.0700. The fourth-order valence-electron chi connectivity index (χ4n) is 3.97. The second-order valence-corrected chi connectivity index (χ2v) is 8.43. The van der Waals surface area contributed by atoms with Crippen molar-refractivity contribution in [1.82, 2.24) is 15.0 Å². The molecule has 1 amide bonds. The first-order valence-electron chi connectivity index (χ1n) is 11.1. The van der Waals surface area contributed by atoms with Crippen molar-refractivity contribution in [3.05, 3.63) is 75.3 Å². The summed E-state index contributed by atoms with van der Waals surface area (Å²) >= 11 is 6.21. The molecule has 184 valence electrons. The number of nitrogens with zero attached hydrogens (tertiary/aromatic N) is 5. The molecular formula is C24H21ClN6O5. The number of nitrogens with one attached hydrogen (secondary N) is 1. The number of morpholine rings is 1. The van der Waals surface area contributed by atoms with Gasteiger partial charge in [-0.1, -0.05) is 11.6 Å². The van der Waals surface area contributed by atoms with Crippen molar-refractivity contribution < 1.29 is 19.2 Å². The highest BCUT2D eigenvalue weighted by Crippen LogP contribution is 2.31. The molecule has 0 aliphatic carbocycles. The normalized spacial score (nSPS) is 13.6. The lowest BCUT2D eigenvalue weighted by atomic mass is 10.1. The van der Waals surface area contributed by atoms with Gasteiger partial charge >= 0.3 is 0 Å². The molecule has 5 rings (SSSR count). The highest BCUT2D eigenvalue weighted by molar-refractivity contribution is 6.32. The number of nitro groups is 1. The summed E-state index contributed by atoms with van der Waals surface area (Å²) in [6, 6.07) is 14.8. The standard InChI is InChI=1S/C24H21ClN6O5/c1-35-23-7-4-17(14-18(23)25)30-27-19-5-3-16(13-20(19)28-30)26-24(32)15-2-6-21(22(12-15)31(33)34)29-8-10-36-11-9-29/h2-7,12-14H,8-11H2,1H3,(H,26,32). The van der Waals surface area contributed by atoms with Gasteiger partial charge in [0.1, 0.15) is 22.5 Å². The molecule has 0 saturated carbocycles. The van der Waals surface area contributed by atoms with E-state index < -0.39 is 10.8 Å². The number of benzene rings is 3. The Balaban J connectivity index is 1.37. The minimum absolute atomic E-state index is 0.124. The van der Waals surface area contributed by atoms with Gasteiger partial charge in [0.15, 0.2) is 0 Å². The topological polar surface area (TPSA) is 125 Å². The Labute approximate surface area is 210 Å². The number of rotatable bonds is 6. The molecule has 4 aromatic rings. The van der Waals surface area contributed by atoms with Crippen molar-refractivity contribution in [3.63, 3.8) is 0 Å². The van der Waals surface area contributed by atoms with Crippen LogP contribution in [-0.2, 0) is 4.74 Å². The number of hydrogen-bond donors (Lipinski definition) is 1. The molecule has 36 heavy (non-hydrogen) atoms. The first-order valence-corrected chi connectivity index (χ1v) is 11.4. The van der Waals surface area contributed by atoms with Crippen LogP contribution in [0.1, 0.15) is 10.4 Å². The van der Waals surface area contributed by atoms with E-state index in [2.05, 4.69) is 15.5 Å². The van der Waals surface area contributed by atoms with Crippen LogP contribution in [0.15, 0.2) is 54.6 Å². The average Bonchev–Trinajstić information content (AvgIpc) is 3.32. The zero-order chi connectivity index (χ0) is 25.2. The molecule has 0 bridgehead atoms. The van der Waals surface area contributed by atoms with Crippen LogP contribution in [0.3, 0.4) is 0 Å². The number of carbonyl (C=O) groups excluding carboxylic acids is 1. The molecule has 1 aliphatic heterocycles. The number of halogens is 1. The number of amides is 1. The monoisotopic (exact) mass is 508 g/mol. The highest BCUT2D eigenvalue weighted by atomic mass is 35.5. The minimum Gasteiger partial charge on any atom is -0.495 e. The van der Waals surface area contributed by atoms with E-state index in [1.807, 2.05) is 4.90 Å². The van der Waals surface area contributed by atoms with Crippen molar-refractivity contribution in [2.24, 2.45) is 0 Å². The maximum Gasteiger partial charge on any atom is 0.293 e. The molecule has 0 atom stereocenters. The Morgan fingerprint density at radius 2 is 1.86 bits per heavy atom. The van der Waals surface area contributed by atoms with Crippen LogP contribution in [-0.4, -0.2) is 59.2 Å². The van der Waals surface area contributed by atoms with Gasteiger partial charge in [0, 0.05) is 30.4 Å². The summed E-state index contributed by atoms with van der Waals surface area (Å²) in [6.07, 6.45) is 0. The predicted octanol–water partition coefficient (Wildman–Crippen LogP) is 4.08. The van der Waals surface area contributed by atoms with E-state index in [4.69, 9.17) is 21.1 Å². The van der Waals surface area contributed by atoms with Crippen molar-refractivity contribution in [3.8, 4) is 11.4 Å². The van der Waals surface area contributed by atoms with Crippen LogP contribution in [0.25, 0.3) is 16.7 Å². The lowest BCUT2D eigenvalue weighted by molar-refractivity contribution is -0.384. The first-order chi connectivity index (χ1) is 17.4. The lowest BCUT2D eigenvalue weighted by Gasteiger charge is -2.28. The van der Waals surface area contributed by atoms with Crippen LogP contribution in [0.2, 0.25) is 5.02 Å². The summed E-state index contributed by atoms with van der Waals surface area (Å²) in [5, 5.41) is 23.8. The van der Waals surface area contributed by atoms with Crippen molar-refractivity contribution in [1.29, 1.82) is 0 Å². The Bertz CT molecular complexity index is 1470. The SMILES string of the molecule is COc1ccc(-n2nc3ccc(NC(=O)c4ccc(N5CCOCC5)c([N+](=O)[O-])c4)cc3n2)cc1Cl. The van der Waals surface area contributed by atoms with Crippen molar-refractivity contribution >= 4 is 45.6 Å². The van der Waals surface area contributed by atoms with Crippen LogP contribution >= 0.6 is 11.6 Å². The van der Waals surface area contributed by atoms with Gasteiger partial charge in [0.05, 0.1) is 36.0 Å². The second-order valence-electron chi connectivity index (χ2n) is 8.03. The van der Waals surface area contributed by atoms with E-state index in [0.717, 1.165) is 0 Å². The van der Waals surface area contributed by atoms with E-state index in [1.54, 1.807) is 48.5 Å². The van der Waals surface area contributed by atoms with Gasteiger partial charge in [-0.25, -0.2) is 0 Å². The molecular weight excluding hydrogens is 488 g/mol. The third-order valence-electron chi connectivity index (χ3n) is 5.79. The summed E-state index contributed by atoms with van der Waals surface area (Å²) < 4.78 is 10.5. The fraction of sp³-hybridized carbons (Fsp3) is 0.208. The molecule has 1 aliphatic rings. The molecule has 2 heterocycles. The van der Waals surface area contributed by atoms with Crippen molar-refractivity contribution in [2.75, 3.05) is 43.6 Å². The van der Waals surface area contributed by atoms with Gasteiger partial charge in [-0.15, -0.1) is 10.2 Å². The number of ether oxygens (including phenoxy) is 2. The fourth-order valence-corrected chi connectivity index (χ4v) is 4.23. The van der Waals surface area contributed by atoms with Crippen LogP contribution in [0.4, 0.5) is 17.1 Å². The van der Waals surface area contributed by atoms with E-state index in [0.29, 0.717) is 65.2 Å². The smallest absolute Gasteiger partial charge is 0.293 e. The number of aromatic nitrogens is 3. The molecule has 3 aromatic carbocycles. The molecule has 0 unspecified atom stereocenters. The number of methoxy groups -OCH3 is 1. The van der Waals surface area contributed by atoms with Gasteiger partial charge in [-0.3, -0.25) is 14.9 Å². The molecule has 1 aromatic heterocycles. The number of anilines is 2. The van der Waals surface area contributed by atoms with Gasteiger partial charge < -0.3 is 19.7 Å². The molecule has 12 heteroatoms. The largest absolute Gasteiger partial charge is 0.495 e. The number of nitro benzene ring substituents is 1. The third-order valence-corrected chi connectivity index (χ3v) is 6.09. The molecule has 1 N–H and O–H groups in total. The van der Waals surface area contributed by atoms with E-state index in [9.17, 15) is 14.9 Å². The highest BCUT2D eigenvalue weighted by Gasteiger charge is 2.23. The molecule has 1 saturated heterocycles. The maximum atomic E-state index is 12.9. The lowest BCUT2D eigenvalue weighted by Crippen LogP contribution is -2.36. The minimum atomic E-state index is -0.475. The van der Waals surface area contributed by atoms with Crippen LogP contribution in [0.5, 0.6) is 5.75 Å². The summed E-state index contributed by atoms with van der Waals surface area (Å²) in [6.45, 7) is 2.10. The van der Waals surface area contributed by atoms with E-state index in [1.165, 1.54) is 18.0 Å². The van der Waals surface area contributed by atoms with Crippen LogP contribution in [0, 0.1) is 10.1 Å². The second kappa shape index (κ2) is 9.80. The van der Waals surface area contributed by atoms with Crippen LogP contribution < -0.4 is 15.0 Å². The molecule has 11 nitrogen and oxygen atoms in total. The average molecular weight is 509 g/mol. The number of carbonyl (C=O) groups is 1. The number of fused-ring (bicyclic) bond motifs is 1. The van der Waals surface area contributed by atoms with Gasteiger partial charge in [-0.2, -0.15) is 4.80 Å². The third kappa shape index (κ3) is 4.66. The molecule has 0 radical (unpaired) electrons. The van der Waals surface area contributed by atoms with Crippen molar-refractivity contribution in [2.45, 2.75) is 0 Å². The van der Waals surface area contributed by atoms with E-state index >= 15 is 0 Å². The maximum absolute atomic E-state index is 12.9. The summed E-state index contributed by atoms with van der Waals surface area (Å²) in [5.41, 5.74) is 2.81. The van der Waals surface area contributed by atoms with Gasteiger partial charge in [0.2, 0.25) is 0 Å². The molecule has 1 fully saturated rings. The first kappa shape index (κ1) is 23.5. The van der Waals surface area contributed by atoms with Gasteiger partial charge in [0.25, 0.3) is 11.6 Å². The summed E-state index contributed by atoms with van der Waals surface area (Å²) in [4.78, 5) is 27.5. The summed E-state index contributed by atoms with van der Waals surface area (Å²) in [7, 11) is 1.54. The number of hydrogen-bond acceptors (Lipinski definition) is 8. The Hall–Kier alpha value is -4.22. The Morgan fingerprint density at radius 1 is 1.08 bits per heavy atom. The van der Waals surface area contributed by atoms with Gasteiger partial charge in [-0.05, 0) is 48.5 Å². The predicted molar refractivity (Wildman–Crippen MR) is 135 cm³/mol. The Morgan fingerprint density at radius 3 is 2.58 bits per heavy atom. The Kier molecular flexibility index (Phi) is 6.40. The van der Waals surface area contributed by atoms with E-state index in [-0.39, 0.29) is 11.3 Å². The molecule has 0 spiro atoms. The quantitative estimate of drug-likeness (QED) is 0.305.